The molecule has 6 heteroatoms. The van der Waals surface area contributed by atoms with E-state index in [-0.39, 0.29) is 6.03 Å². The highest BCUT2D eigenvalue weighted by Crippen LogP contribution is 2.26. The Kier molecular flexibility index (Phi) is 3.59. The Labute approximate surface area is 109 Å². The normalized spacial score (nSPS) is 19.0. The summed E-state index contributed by atoms with van der Waals surface area (Å²) in [5, 5.41) is 1.40. The largest absolute Gasteiger partial charge is 0.331 e. The number of rotatable bonds is 1. The van der Waals surface area contributed by atoms with Crippen LogP contribution in [0.25, 0.3) is 0 Å². The first-order valence-electron chi connectivity index (χ1n) is 5.04. The topological polar surface area (TPSA) is 35.9 Å². The van der Waals surface area contributed by atoms with Crippen LogP contribution in [0.3, 0.4) is 0 Å². The van der Waals surface area contributed by atoms with Crippen LogP contribution in [0.2, 0.25) is 5.02 Å². The molecular weight excluding hydrogens is 258 g/mol. The number of halogens is 1. The number of aliphatic imine (C=N–C) groups is 1. The summed E-state index contributed by atoms with van der Waals surface area (Å²) < 4.78 is 0. The van der Waals surface area contributed by atoms with Crippen LogP contribution in [0.5, 0.6) is 0 Å². The van der Waals surface area contributed by atoms with E-state index in [1.165, 1.54) is 11.8 Å². The molecule has 0 aliphatic carbocycles. The number of carbonyl (C=O) groups excluding carboxylic acids is 1. The van der Waals surface area contributed by atoms with Crippen molar-refractivity contribution in [2.24, 2.45) is 4.99 Å². The molecule has 2 rings (SSSR count). The fourth-order valence-corrected chi connectivity index (χ4v) is 2.59. The zero-order chi connectivity index (χ0) is 12.4. The monoisotopic (exact) mass is 269 g/mol. The van der Waals surface area contributed by atoms with Gasteiger partial charge in [0.15, 0.2) is 5.17 Å². The van der Waals surface area contributed by atoms with Gasteiger partial charge in [-0.25, -0.2) is 4.79 Å². The highest BCUT2D eigenvalue weighted by Gasteiger charge is 2.28. The minimum atomic E-state index is -0.0772. The Morgan fingerprint density at radius 2 is 2.00 bits per heavy atom. The fraction of sp³-hybridized carbons (Fsp3) is 0.273. The van der Waals surface area contributed by atoms with E-state index in [0.717, 1.165) is 10.9 Å². The van der Waals surface area contributed by atoms with E-state index < -0.39 is 0 Å². The van der Waals surface area contributed by atoms with Crippen molar-refractivity contribution in [3.05, 3.63) is 29.3 Å². The summed E-state index contributed by atoms with van der Waals surface area (Å²) >= 11 is 7.35. The molecule has 2 amide bonds. The van der Waals surface area contributed by atoms with E-state index in [9.17, 15) is 4.79 Å². The summed E-state index contributed by atoms with van der Waals surface area (Å²) in [4.78, 5) is 19.4. The highest BCUT2D eigenvalue weighted by molar-refractivity contribution is 8.14. The Hall–Kier alpha value is -1.20. The average molecular weight is 270 g/mol. The zero-order valence-corrected chi connectivity index (χ0v) is 11.1. The molecule has 1 aliphatic rings. The molecule has 0 atom stereocenters. The molecule has 1 heterocycles. The number of thioether (sulfide) groups is 1. The van der Waals surface area contributed by atoms with Gasteiger partial charge in [0, 0.05) is 24.8 Å². The lowest BCUT2D eigenvalue weighted by molar-refractivity contribution is 0.233. The summed E-state index contributed by atoms with van der Waals surface area (Å²) in [5.74, 6) is 0.567. The van der Waals surface area contributed by atoms with E-state index in [2.05, 4.69) is 4.99 Å². The molecule has 1 fully saturated rings. The highest BCUT2D eigenvalue weighted by atomic mass is 35.5. The quantitative estimate of drug-likeness (QED) is 0.786. The smallest absolute Gasteiger partial charge is 0.284 e. The van der Waals surface area contributed by atoms with Crippen molar-refractivity contribution in [3.8, 4) is 0 Å². The van der Waals surface area contributed by atoms with Crippen molar-refractivity contribution in [2.75, 3.05) is 24.9 Å². The Morgan fingerprint density at radius 3 is 2.59 bits per heavy atom. The maximum atomic E-state index is 12.1. The minimum absolute atomic E-state index is 0.0772. The molecule has 1 aromatic carbocycles. The van der Waals surface area contributed by atoms with Crippen LogP contribution in [0.4, 0.5) is 10.5 Å². The van der Waals surface area contributed by atoms with Crippen LogP contribution in [0.15, 0.2) is 29.3 Å². The van der Waals surface area contributed by atoms with Crippen LogP contribution in [0.1, 0.15) is 0 Å². The Balaban J connectivity index is 2.24. The molecule has 1 aliphatic heterocycles. The molecule has 1 aromatic rings. The Morgan fingerprint density at radius 1 is 1.35 bits per heavy atom. The number of hydrogen-bond acceptors (Lipinski definition) is 3. The average Bonchev–Trinajstić information content (AvgIpc) is 2.34. The number of amidine groups is 1. The maximum Gasteiger partial charge on any atom is 0.331 e. The first-order chi connectivity index (χ1) is 8.13. The third kappa shape index (κ3) is 2.40. The van der Waals surface area contributed by atoms with Crippen molar-refractivity contribution in [1.29, 1.82) is 0 Å². The molecule has 0 radical (unpaired) electrons. The molecule has 0 saturated carbocycles. The molecule has 0 bridgehead atoms. The molecule has 0 spiro atoms. The predicted octanol–water partition coefficient (Wildman–Crippen LogP) is 2.89. The lowest BCUT2D eigenvalue weighted by atomic mass is 10.3. The van der Waals surface area contributed by atoms with Crippen LogP contribution < -0.4 is 4.90 Å². The van der Waals surface area contributed by atoms with Gasteiger partial charge in [-0.15, -0.1) is 0 Å². The van der Waals surface area contributed by atoms with Gasteiger partial charge >= 0.3 is 6.03 Å². The third-order valence-electron chi connectivity index (χ3n) is 2.46. The summed E-state index contributed by atoms with van der Waals surface area (Å²) in [6, 6.07) is 7.15. The van der Waals surface area contributed by atoms with Gasteiger partial charge in [-0.1, -0.05) is 23.4 Å². The third-order valence-corrected chi connectivity index (χ3v) is 3.81. The number of anilines is 1. The fourth-order valence-electron chi connectivity index (χ4n) is 1.56. The second-order valence-electron chi connectivity index (χ2n) is 3.53. The number of urea groups is 1. The van der Waals surface area contributed by atoms with Gasteiger partial charge in [0.2, 0.25) is 0 Å². The van der Waals surface area contributed by atoms with Gasteiger partial charge in [-0.2, -0.15) is 0 Å². The molecule has 0 unspecified atom stereocenters. The molecular formula is C11H12ClN3OS. The number of nitrogens with zero attached hydrogens (tertiary/aromatic N) is 3. The van der Waals surface area contributed by atoms with Crippen LogP contribution in [-0.2, 0) is 0 Å². The first-order valence-corrected chi connectivity index (χ1v) is 6.40. The van der Waals surface area contributed by atoms with Gasteiger partial charge in [0.1, 0.15) is 0 Å². The lowest BCUT2D eigenvalue weighted by Gasteiger charge is -2.33. The van der Waals surface area contributed by atoms with Crippen molar-refractivity contribution in [2.45, 2.75) is 0 Å². The van der Waals surface area contributed by atoms with E-state index in [0.29, 0.717) is 10.9 Å². The van der Waals surface area contributed by atoms with Crippen molar-refractivity contribution >= 4 is 40.2 Å². The van der Waals surface area contributed by atoms with E-state index in [1.54, 1.807) is 36.0 Å². The lowest BCUT2D eigenvalue weighted by Crippen LogP contribution is -2.48. The SMILES string of the molecule is C/N=C1\SCN(c2ccc(Cl)cc2)C(=O)N1C. The summed E-state index contributed by atoms with van der Waals surface area (Å²) in [6.07, 6.45) is 0. The minimum Gasteiger partial charge on any atom is -0.284 e. The molecule has 0 aromatic heterocycles. The number of amides is 2. The van der Waals surface area contributed by atoms with Crippen LogP contribution >= 0.6 is 23.4 Å². The van der Waals surface area contributed by atoms with E-state index >= 15 is 0 Å². The molecule has 1 saturated heterocycles. The number of carbonyl (C=O) groups is 1. The molecule has 17 heavy (non-hydrogen) atoms. The van der Waals surface area contributed by atoms with Gasteiger partial charge in [-0.05, 0) is 24.3 Å². The number of hydrogen-bond donors (Lipinski definition) is 0. The standard InChI is InChI=1S/C11H12ClN3OS/c1-13-10-14(2)11(16)15(7-17-10)9-5-3-8(12)4-6-9/h3-6H,7H2,1-2H3/b13-10-. The molecule has 4 nitrogen and oxygen atoms in total. The second kappa shape index (κ2) is 4.98. The number of benzene rings is 1. The Bertz CT molecular complexity index is 460. The van der Waals surface area contributed by atoms with Crippen LogP contribution in [-0.4, -0.2) is 36.1 Å². The van der Waals surface area contributed by atoms with Gasteiger partial charge in [0.05, 0.1) is 5.88 Å². The van der Waals surface area contributed by atoms with Gasteiger partial charge in [-0.3, -0.25) is 14.8 Å². The predicted molar refractivity (Wildman–Crippen MR) is 72.9 cm³/mol. The van der Waals surface area contributed by atoms with E-state index in [1.807, 2.05) is 12.1 Å². The van der Waals surface area contributed by atoms with Gasteiger partial charge in [0.25, 0.3) is 0 Å². The summed E-state index contributed by atoms with van der Waals surface area (Å²) in [7, 11) is 3.41. The van der Waals surface area contributed by atoms with Crippen molar-refractivity contribution < 1.29 is 4.79 Å². The van der Waals surface area contributed by atoms with Crippen molar-refractivity contribution in [3.63, 3.8) is 0 Å². The summed E-state index contributed by atoms with van der Waals surface area (Å²) in [5.41, 5.74) is 0.842. The second-order valence-corrected chi connectivity index (χ2v) is 4.87. The first kappa shape index (κ1) is 12.3. The summed E-state index contributed by atoms with van der Waals surface area (Å²) in [6.45, 7) is 0. The molecule has 90 valence electrons. The van der Waals surface area contributed by atoms with E-state index in [4.69, 9.17) is 11.6 Å². The van der Waals surface area contributed by atoms with Gasteiger partial charge < -0.3 is 0 Å². The maximum absolute atomic E-state index is 12.1. The zero-order valence-electron chi connectivity index (χ0n) is 9.55. The molecule has 0 N–H and O–H groups in total. The van der Waals surface area contributed by atoms with Crippen LogP contribution in [0, 0.1) is 0 Å². The van der Waals surface area contributed by atoms with Crippen molar-refractivity contribution in [1.82, 2.24) is 4.90 Å².